The van der Waals surface area contributed by atoms with Gasteiger partial charge in [-0.2, -0.15) is 5.10 Å². The minimum absolute atomic E-state index is 0.0348. The number of hydrogen-bond donors (Lipinski definition) is 0. The number of hydrogen-bond acceptors (Lipinski definition) is 6. The highest BCUT2D eigenvalue weighted by Gasteiger charge is 2.38. The van der Waals surface area contributed by atoms with Gasteiger partial charge in [0.15, 0.2) is 0 Å². The molecule has 9 heteroatoms. The molecule has 0 bridgehead atoms. The summed E-state index contributed by atoms with van der Waals surface area (Å²) in [6.45, 7) is 9.09. The number of fused-ring (bicyclic) bond motifs is 1. The first-order chi connectivity index (χ1) is 13.2. The Bertz CT molecular complexity index is 886. The third-order valence-corrected chi connectivity index (χ3v) is 6.00. The quantitative estimate of drug-likeness (QED) is 0.770. The van der Waals surface area contributed by atoms with Crippen molar-refractivity contribution in [3.05, 3.63) is 28.5 Å². The summed E-state index contributed by atoms with van der Waals surface area (Å²) >= 11 is 1.58. The smallest absolute Gasteiger partial charge is 0.410 e. The molecule has 0 spiro atoms. The molecule has 0 N–H and O–H groups in total. The lowest BCUT2D eigenvalue weighted by molar-refractivity contribution is -0.117. The summed E-state index contributed by atoms with van der Waals surface area (Å²) in [4.78, 5) is 33.2. The molecule has 4 heterocycles. The van der Waals surface area contributed by atoms with Gasteiger partial charge in [-0.1, -0.05) is 0 Å². The third-order valence-electron chi connectivity index (χ3n) is 5.06. The largest absolute Gasteiger partial charge is 0.444 e. The van der Waals surface area contributed by atoms with E-state index in [-0.39, 0.29) is 24.0 Å². The Morgan fingerprint density at radius 2 is 2.11 bits per heavy atom. The van der Waals surface area contributed by atoms with Gasteiger partial charge in [-0.15, -0.1) is 11.3 Å². The van der Waals surface area contributed by atoms with Crippen molar-refractivity contribution < 1.29 is 14.3 Å². The van der Waals surface area contributed by atoms with Crippen LogP contribution < -0.4 is 4.90 Å². The van der Waals surface area contributed by atoms with Gasteiger partial charge in [-0.3, -0.25) is 14.4 Å². The van der Waals surface area contributed by atoms with Gasteiger partial charge in [0.25, 0.3) is 0 Å². The van der Waals surface area contributed by atoms with Crippen LogP contribution in [0.5, 0.6) is 0 Å². The van der Waals surface area contributed by atoms with Crippen molar-refractivity contribution in [2.24, 2.45) is 0 Å². The van der Waals surface area contributed by atoms with Gasteiger partial charge in [-0.05, 0) is 27.7 Å². The van der Waals surface area contributed by atoms with Crippen molar-refractivity contribution in [1.29, 1.82) is 0 Å². The summed E-state index contributed by atoms with van der Waals surface area (Å²) in [5.74, 6) is 0.172. The summed E-state index contributed by atoms with van der Waals surface area (Å²) in [6.07, 6.45) is 3.62. The van der Waals surface area contributed by atoms with Crippen molar-refractivity contribution >= 4 is 29.0 Å². The Hall–Kier alpha value is -2.42. The fraction of sp³-hybridized carbons (Fsp3) is 0.579. The molecular formula is C19H25N5O3S. The molecule has 150 valence electrons. The van der Waals surface area contributed by atoms with E-state index in [4.69, 9.17) is 4.74 Å². The van der Waals surface area contributed by atoms with Crippen LogP contribution in [0.3, 0.4) is 0 Å². The Kier molecular flexibility index (Phi) is 4.65. The van der Waals surface area contributed by atoms with Crippen LogP contribution in [0.25, 0.3) is 0 Å². The first-order valence-electron chi connectivity index (χ1n) is 9.47. The summed E-state index contributed by atoms with van der Waals surface area (Å²) in [5, 5.41) is 7.40. The number of carbonyl (C=O) groups is 2. The van der Waals surface area contributed by atoms with Gasteiger partial charge in [-0.25, -0.2) is 9.78 Å². The van der Waals surface area contributed by atoms with Crippen LogP contribution in [0, 0.1) is 0 Å². The lowest BCUT2D eigenvalue weighted by Crippen LogP contribution is -2.47. The molecule has 4 rings (SSSR count). The second-order valence-electron chi connectivity index (χ2n) is 8.39. The highest BCUT2D eigenvalue weighted by molar-refractivity contribution is 7.09. The molecule has 2 amide bonds. The predicted octanol–water partition coefficient (Wildman–Crippen LogP) is 3.00. The van der Waals surface area contributed by atoms with E-state index >= 15 is 0 Å². The molecule has 1 unspecified atom stereocenters. The molecule has 8 nitrogen and oxygen atoms in total. The lowest BCUT2D eigenvalue weighted by atomic mass is 10.1. The van der Waals surface area contributed by atoms with Crippen LogP contribution in [0.1, 0.15) is 50.7 Å². The van der Waals surface area contributed by atoms with Crippen LogP contribution in [-0.2, 0) is 22.6 Å². The van der Waals surface area contributed by atoms with Crippen molar-refractivity contribution in [3.8, 4) is 0 Å². The average molecular weight is 404 g/mol. The molecule has 2 aliphatic heterocycles. The number of carbonyl (C=O) groups excluding carboxylic acids is 2. The van der Waals surface area contributed by atoms with Crippen LogP contribution in [0.2, 0.25) is 0 Å². The molecule has 0 aliphatic carbocycles. The van der Waals surface area contributed by atoms with Gasteiger partial charge in [0.1, 0.15) is 5.60 Å². The molecule has 1 fully saturated rings. The van der Waals surface area contributed by atoms with E-state index in [1.165, 1.54) is 0 Å². The Labute approximate surface area is 168 Å². The zero-order valence-electron chi connectivity index (χ0n) is 16.6. The lowest BCUT2D eigenvalue weighted by Gasteiger charge is -2.36. The monoisotopic (exact) mass is 403 g/mol. The highest BCUT2D eigenvalue weighted by Crippen LogP contribution is 2.36. The van der Waals surface area contributed by atoms with Crippen LogP contribution in [-0.4, -0.2) is 49.9 Å². The number of aromatic nitrogens is 3. The van der Waals surface area contributed by atoms with Crippen LogP contribution in [0.4, 0.5) is 10.5 Å². The van der Waals surface area contributed by atoms with Crippen molar-refractivity contribution in [2.75, 3.05) is 11.4 Å². The summed E-state index contributed by atoms with van der Waals surface area (Å²) in [7, 11) is 0. The van der Waals surface area contributed by atoms with Crippen LogP contribution in [0.15, 0.2) is 17.8 Å². The van der Waals surface area contributed by atoms with Gasteiger partial charge < -0.3 is 9.64 Å². The molecule has 0 saturated carbocycles. The van der Waals surface area contributed by atoms with Gasteiger partial charge >= 0.3 is 6.09 Å². The topological polar surface area (TPSA) is 80.6 Å². The first kappa shape index (κ1) is 18.9. The minimum atomic E-state index is -0.552. The van der Waals surface area contributed by atoms with Crippen molar-refractivity contribution in [1.82, 2.24) is 19.7 Å². The number of ether oxygens (including phenoxy) is 1. The minimum Gasteiger partial charge on any atom is -0.444 e. The molecule has 0 radical (unpaired) electrons. The van der Waals surface area contributed by atoms with E-state index in [9.17, 15) is 9.59 Å². The highest BCUT2D eigenvalue weighted by atomic mass is 32.1. The Balaban J connectivity index is 1.56. The van der Waals surface area contributed by atoms with E-state index in [0.717, 1.165) is 16.4 Å². The fourth-order valence-corrected chi connectivity index (χ4v) is 4.45. The summed E-state index contributed by atoms with van der Waals surface area (Å²) in [5.41, 5.74) is 1.10. The molecular weight excluding hydrogens is 378 g/mol. The Morgan fingerprint density at radius 1 is 1.32 bits per heavy atom. The fourth-order valence-electron chi connectivity index (χ4n) is 3.72. The Morgan fingerprint density at radius 3 is 2.79 bits per heavy atom. The predicted molar refractivity (Wildman–Crippen MR) is 105 cm³/mol. The molecule has 1 saturated heterocycles. The molecule has 28 heavy (non-hydrogen) atoms. The average Bonchev–Trinajstić information content (AvgIpc) is 3.31. The number of amides is 2. The summed E-state index contributed by atoms with van der Waals surface area (Å²) in [6, 6.07) is -0.0348. The third kappa shape index (κ3) is 3.50. The van der Waals surface area contributed by atoms with Gasteiger partial charge in [0, 0.05) is 30.5 Å². The molecule has 2 aromatic heterocycles. The zero-order chi connectivity index (χ0) is 20.1. The van der Waals surface area contributed by atoms with E-state index < -0.39 is 5.60 Å². The standard InChI is InChI=1S/C19H25N5O3S/c1-12-9-24-15(11-22(12)18(26)27-19(2,3)4)14(8-21-24)23-10-13(7-16(23)25)17-20-5-6-28-17/h5-6,8,12-13H,7,9-11H2,1-4H3/t12-,13?/m0/s1. The van der Waals surface area contributed by atoms with Crippen molar-refractivity contribution in [2.45, 2.75) is 64.8 Å². The summed E-state index contributed by atoms with van der Waals surface area (Å²) < 4.78 is 7.46. The van der Waals surface area contributed by atoms with E-state index in [1.807, 2.05) is 37.8 Å². The van der Waals surface area contributed by atoms with Crippen molar-refractivity contribution in [3.63, 3.8) is 0 Å². The number of thiazole rings is 1. The molecule has 2 aliphatic rings. The van der Waals surface area contributed by atoms with E-state index in [0.29, 0.717) is 26.1 Å². The normalized spacial score (nSPS) is 22.5. The SMILES string of the molecule is C[C@H]1Cn2ncc(N3CC(c4nccs4)CC3=O)c2CN1C(=O)OC(C)(C)C. The van der Waals surface area contributed by atoms with E-state index in [1.54, 1.807) is 33.5 Å². The van der Waals surface area contributed by atoms with Gasteiger partial charge in [0.2, 0.25) is 5.91 Å². The number of nitrogens with zero attached hydrogens (tertiary/aromatic N) is 5. The second kappa shape index (κ2) is 6.88. The zero-order valence-corrected chi connectivity index (χ0v) is 17.4. The maximum absolute atomic E-state index is 12.7. The van der Waals surface area contributed by atoms with Crippen LogP contribution >= 0.6 is 11.3 Å². The number of anilines is 1. The van der Waals surface area contributed by atoms with E-state index in [2.05, 4.69) is 10.1 Å². The maximum Gasteiger partial charge on any atom is 0.410 e. The second-order valence-corrected chi connectivity index (χ2v) is 9.32. The maximum atomic E-state index is 12.7. The first-order valence-corrected chi connectivity index (χ1v) is 10.3. The molecule has 2 aromatic rings. The molecule has 0 aromatic carbocycles. The molecule has 2 atom stereocenters. The van der Waals surface area contributed by atoms with Gasteiger partial charge in [0.05, 0.1) is 41.7 Å². The number of rotatable bonds is 2.